The number of oxime groups is 1. The molecule has 0 saturated heterocycles. The first-order chi connectivity index (χ1) is 16.1. The first-order valence-corrected chi connectivity index (χ1v) is 11.2. The van der Waals surface area contributed by atoms with Gasteiger partial charge in [-0.05, 0) is 35.7 Å². The summed E-state index contributed by atoms with van der Waals surface area (Å²) in [6.45, 7) is 1.66. The molecule has 0 aromatic heterocycles. The number of hydrogen-bond donors (Lipinski definition) is 1. The van der Waals surface area contributed by atoms with Gasteiger partial charge in [0.15, 0.2) is 0 Å². The van der Waals surface area contributed by atoms with Gasteiger partial charge >= 0.3 is 0 Å². The van der Waals surface area contributed by atoms with Gasteiger partial charge in [-0.2, -0.15) is 0 Å². The summed E-state index contributed by atoms with van der Waals surface area (Å²) in [5.74, 6) is 0.492. The van der Waals surface area contributed by atoms with Crippen LogP contribution >= 0.6 is 0 Å². The first kappa shape index (κ1) is 23.0. The van der Waals surface area contributed by atoms with Crippen LogP contribution in [0.25, 0.3) is 0 Å². The Hall–Kier alpha value is -3.22. The summed E-state index contributed by atoms with van der Waals surface area (Å²) >= 11 is 0. The summed E-state index contributed by atoms with van der Waals surface area (Å²) < 4.78 is 19.5. The van der Waals surface area contributed by atoms with E-state index in [4.69, 9.17) is 9.57 Å². The molecular weight excluding hydrogens is 419 g/mol. The molecule has 1 N–H and O–H groups in total. The number of methoxy groups -OCH3 is 1. The van der Waals surface area contributed by atoms with Crippen molar-refractivity contribution >= 4 is 5.71 Å². The normalized spacial score (nSPS) is 16.4. The van der Waals surface area contributed by atoms with Crippen molar-refractivity contribution in [1.29, 1.82) is 0 Å². The van der Waals surface area contributed by atoms with Crippen LogP contribution in [0.1, 0.15) is 23.1 Å². The molecule has 0 saturated carbocycles. The predicted molar refractivity (Wildman–Crippen MR) is 127 cm³/mol. The fourth-order valence-electron chi connectivity index (χ4n) is 4.15. The standard InChI is InChI=1S/C27H29FN2O3/c1-32-23-11-7-10-21(15-23)17-30(18-22(31)14-20-8-3-2-4-9-20)19-24-16-27(29-33-24)25-12-5-6-13-26(25)28/h2-13,15,22,24,31H,14,16-19H2,1H3/t22-,24-/m0/s1. The van der Waals surface area contributed by atoms with Crippen LogP contribution in [-0.4, -0.2) is 48.1 Å². The SMILES string of the molecule is COc1cccc(CN(C[C@@H](O)Cc2ccccc2)C[C@@H]2CC(c3ccccc3F)=NO2)c1. The van der Waals surface area contributed by atoms with E-state index in [9.17, 15) is 9.50 Å². The van der Waals surface area contributed by atoms with E-state index in [0.29, 0.717) is 43.8 Å². The number of nitrogens with zero attached hydrogens (tertiary/aromatic N) is 2. The van der Waals surface area contributed by atoms with Gasteiger partial charge in [0.2, 0.25) is 0 Å². The van der Waals surface area contributed by atoms with Crippen molar-refractivity contribution in [3.8, 4) is 5.75 Å². The molecule has 3 aromatic rings. The summed E-state index contributed by atoms with van der Waals surface area (Å²) in [5, 5.41) is 15.0. The molecule has 172 valence electrons. The number of aliphatic hydroxyl groups is 1. The van der Waals surface area contributed by atoms with E-state index in [1.165, 1.54) is 6.07 Å². The molecule has 0 aliphatic carbocycles. The smallest absolute Gasteiger partial charge is 0.145 e. The van der Waals surface area contributed by atoms with Crippen molar-refractivity contribution in [3.05, 3.63) is 101 Å². The molecule has 5 nitrogen and oxygen atoms in total. The number of hydrogen-bond acceptors (Lipinski definition) is 5. The zero-order valence-electron chi connectivity index (χ0n) is 18.7. The van der Waals surface area contributed by atoms with Gasteiger partial charge in [0.1, 0.15) is 17.7 Å². The van der Waals surface area contributed by atoms with Crippen molar-refractivity contribution in [1.82, 2.24) is 4.90 Å². The van der Waals surface area contributed by atoms with Gasteiger partial charge < -0.3 is 14.7 Å². The average Bonchev–Trinajstić information content (AvgIpc) is 3.28. The van der Waals surface area contributed by atoms with E-state index in [1.54, 1.807) is 25.3 Å². The number of rotatable bonds is 10. The second-order valence-corrected chi connectivity index (χ2v) is 8.34. The monoisotopic (exact) mass is 448 g/mol. The van der Waals surface area contributed by atoms with Gasteiger partial charge in [0, 0.05) is 31.6 Å². The van der Waals surface area contributed by atoms with Crippen LogP contribution in [0.15, 0.2) is 84.0 Å². The molecule has 0 spiro atoms. The maximum atomic E-state index is 14.2. The fourth-order valence-corrected chi connectivity index (χ4v) is 4.15. The van der Waals surface area contributed by atoms with Crippen LogP contribution in [0.2, 0.25) is 0 Å². The van der Waals surface area contributed by atoms with Crippen LogP contribution in [0, 0.1) is 5.82 Å². The molecule has 0 unspecified atom stereocenters. The van der Waals surface area contributed by atoms with E-state index in [2.05, 4.69) is 10.1 Å². The lowest BCUT2D eigenvalue weighted by Crippen LogP contribution is -2.38. The van der Waals surface area contributed by atoms with E-state index in [-0.39, 0.29) is 11.9 Å². The lowest BCUT2D eigenvalue weighted by Gasteiger charge is -2.27. The molecule has 2 atom stereocenters. The maximum Gasteiger partial charge on any atom is 0.145 e. The summed E-state index contributed by atoms with van der Waals surface area (Å²) in [6, 6.07) is 24.5. The number of halogens is 1. The third kappa shape index (κ3) is 6.40. The van der Waals surface area contributed by atoms with Crippen LogP contribution in [-0.2, 0) is 17.8 Å². The molecule has 1 aliphatic rings. The van der Waals surface area contributed by atoms with Crippen molar-refractivity contribution in [3.63, 3.8) is 0 Å². The summed E-state index contributed by atoms with van der Waals surface area (Å²) in [4.78, 5) is 7.82. The third-order valence-electron chi connectivity index (χ3n) is 5.70. The van der Waals surface area contributed by atoms with Gasteiger partial charge in [-0.1, -0.05) is 65.8 Å². The van der Waals surface area contributed by atoms with Crippen LogP contribution in [0.5, 0.6) is 5.75 Å². The molecule has 0 amide bonds. The van der Waals surface area contributed by atoms with Gasteiger partial charge in [-0.3, -0.25) is 4.90 Å². The highest BCUT2D eigenvalue weighted by Gasteiger charge is 2.27. The number of benzene rings is 3. The Morgan fingerprint density at radius 3 is 2.61 bits per heavy atom. The molecule has 4 rings (SSSR count). The fraction of sp³-hybridized carbons (Fsp3) is 0.296. The van der Waals surface area contributed by atoms with Crippen molar-refractivity contribution < 1.29 is 19.1 Å². The lowest BCUT2D eigenvalue weighted by atomic mass is 10.0. The molecule has 0 radical (unpaired) electrons. The first-order valence-electron chi connectivity index (χ1n) is 11.2. The van der Waals surface area contributed by atoms with Crippen molar-refractivity contribution in [2.24, 2.45) is 5.16 Å². The topological polar surface area (TPSA) is 54.3 Å². The van der Waals surface area contributed by atoms with Crippen LogP contribution in [0.3, 0.4) is 0 Å². The Morgan fingerprint density at radius 1 is 1.06 bits per heavy atom. The number of aliphatic hydroxyl groups excluding tert-OH is 1. The van der Waals surface area contributed by atoms with Gasteiger partial charge in [0.05, 0.1) is 18.9 Å². The third-order valence-corrected chi connectivity index (χ3v) is 5.70. The molecule has 1 aliphatic heterocycles. The van der Waals surface area contributed by atoms with Gasteiger partial charge in [-0.25, -0.2) is 4.39 Å². The Kier molecular flexibility index (Phi) is 7.70. The second-order valence-electron chi connectivity index (χ2n) is 8.34. The minimum atomic E-state index is -0.536. The molecule has 33 heavy (non-hydrogen) atoms. The molecule has 6 heteroatoms. The van der Waals surface area contributed by atoms with Gasteiger partial charge in [-0.15, -0.1) is 0 Å². The Morgan fingerprint density at radius 2 is 1.82 bits per heavy atom. The largest absolute Gasteiger partial charge is 0.497 e. The molecule has 0 bridgehead atoms. The van der Waals surface area contributed by atoms with Crippen LogP contribution < -0.4 is 4.74 Å². The highest BCUT2D eigenvalue weighted by molar-refractivity contribution is 6.01. The van der Waals surface area contributed by atoms with E-state index in [0.717, 1.165) is 16.9 Å². The Balaban J connectivity index is 1.43. The van der Waals surface area contributed by atoms with Crippen LogP contribution in [0.4, 0.5) is 4.39 Å². The summed E-state index contributed by atoms with van der Waals surface area (Å²) in [7, 11) is 1.65. The van der Waals surface area contributed by atoms with Crippen molar-refractivity contribution in [2.75, 3.05) is 20.2 Å². The molecule has 3 aromatic carbocycles. The minimum absolute atomic E-state index is 0.214. The van der Waals surface area contributed by atoms with E-state index >= 15 is 0 Å². The highest BCUT2D eigenvalue weighted by atomic mass is 19.1. The van der Waals surface area contributed by atoms with E-state index in [1.807, 2.05) is 54.6 Å². The Bertz CT molecular complexity index is 1070. The zero-order valence-corrected chi connectivity index (χ0v) is 18.7. The van der Waals surface area contributed by atoms with Gasteiger partial charge in [0.25, 0.3) is 0 Å². The molecule has 0 fully saturated rings. The Labute approximate surface area is 194 Å². The summed E-state index contributed by atoms with van der Waals surface area (Å²) in [6.07, 6.45) is 0.336. The molecular formula is C27H29FN2O3. The summed E-state index contributed by atoms with van der Waals surface area (Å²) in [5.41, 5.74) is 3.26. The van der Waals surface area contributed by atoms with E-state index < -0.39 is 6.10 Å². The predicted octanol–water partition coefficient (Wildman–Crippen LogP) is 4.43. The average molecular weight is 449 g/mol. The van der Waals surface area contributed by atoms with Crippen molar-refractivity contribution in [2.45, 2.75) is 31.6 Å². The molecule has 1 heterocycles. The maximum absolute atomic E-state index is 14.2. The lowest BCUT2D eigenvalue weighted by molar-refractivity contribution is 0.0322. The second kappa shape index (κ2) is 11.1. The number of ether oxygens (including phenoxy) is 1. The highest BCUT2D eigenvalue weighted by Crippen LogP contribution is 2.21. The quantitative estimate of drug-likeness (QED) is 0.499. The zero-order chi connectivity index (χ0) is 23.0. The minimum Gasteiger partial charge on any atom is -0.497 e.